The van der Waals surface area contributed by atoms with Crippen LogP contribution in [0.5, 0.6) is 46.0 Å². The number of nitrogens with one attached hydrogen (secondary N) is 1. The van der Waals surface area contributed by atoms with Crippen LogP contribution >= 0.6 is 24.0 Å². The lowest BCUT2D eigenvalue weighted by Crippen LogP contribution is -2.21. The number of aryl methyl sites for hydroxylation is 3. The molecule has 0 unspecified atom stereocenters. The number of likely N-dealkylation sites (tertiary alicyclic amines) is 1. The molecule has 0 bridgehead atoms. The first kappa shape index (κ1) is 98.3. The van der Waals surface area contributed by atoms with Gasteiger partial charge in [0, 0.05) is 58.5 Å². The van der Waals surface area contributed by atoms with Gasteiger partial charge in [-0.2, -0.15) is 15.3 Å². The van der Waals surface area contributed by atoms with E-state index in [1.807, 2.05) is 205 Å². The van der Waals surface area contributed by atoms with Gasteiger partial charge in [-0.25, -0.2) is 14.0 Å². The Morgan fingerprint density at radius 1 is 0.456 bits per heavy atom. The summed E-state index contributed by atoms with van der Waals surface area (Å²) in [6, 6.07) is 82.3. The number of alkyl halides is 1. The van der Waals surface area contributed by atoms with E-state index in [1.165, 1.54) is 83.9 Å². The first-order valence-electron chi connectivity index (χ1n) is 42.4. The molecule has 1 saturated carbocycles. The maximum atomic E-state index is 11.3. The summed E-state index contributed by atoms with van der Waals surface area (Å²) >= 11 is 5.58. The fraction of sp³-hybridized carbons (Fsp3) is 0.311. The number of ether oxygens (including phenoxy) is 7. The van der Waals surface area contributed by atoms with Crippen LogP contribution < -0.4 is 44.4 Å². The highest BCUT2D eigenvalue weighted by Crippen LogP contribution is 2.35. The van der Waals surface area contributed by atoms with Gasteiger partial charge in [0.15, 0.2) is 0 Å². The van der Waals surface area contributed by atoms with Crippen molar-refractivity contribution in [3.8, 4) is 96.4 Å². The number of Topliss-reactive ketones (excluding diaryl/α,β-unsaturated/α-hetero) is 2. The molecule has 5 N–H and O–H groups in total. The first-order valence-corrected chi connectivity index (χ1v) is 42.9. The number of aromatic hydroxyl groups is 1. The summed E-state index contributed by atoms with van der Waals surface area (Å²) in [5.74, 6) is 12.4. The number of aliphatic hydroxyl groups excluding tert-OH is 1. The molecule has 0 radical (unpaired) electrons. The number of nitrogens with two attached hydrogens (primary N) is 1. The van der Waals surface area contributed by atoms with Crippen LogP contribution in [0.2, 0.25) is 0 Å². The topological polar surface area (TPSA) is 234 Å². The summed E-state index contributed by atoms with van der Waals surface area (Å²) in [5, 5.41) is 31.2. The van der Waals surface area contributed by atoms with E-state index in [1.54, 1.807) is 71.8 Å². The van der Waals surface area contributed by atoms with E-state index in [2.05, 4.69) is 84.7 Å². The van der Waals surface area contributed by atoms with Crippen LogP contribution in [0.1, 0.15) is 135 Å². The summed E-state index contributed by atoms with van der Waals surface area (Å²) in [7, 11) is 6.60. The molecule has 660 valence electrons. The number of hydrogen-bond acceptors (Lipinski definition) is 17. The van der Waals surface area contributed by atoms with Crippen molar-refractivity contribution in [2.24, 2.45) is 11.8 Å². The van der Waals surface area contributed by atoms with Crippen LogP contribution in [0.3, 0.4) is 0 Å². The minimum absolute atomic E-state index is 0. The van der Waals surface area contributed by atoms with Gasteiger partial charge in [0.1, 0.15) is 76.7 Å². The van der Waals surface area contributed by atoms with E-state index in [0.717, 1.165) is 167 Å². The largest absolute Gasteiger partial charge is 0.508 e. The van der Waals surface area contributed by atoms with Gasteiger partial charge in [-0.1, -0.05) is 135 Å². The molecular weight excluding hydrogens is 1610 g/mol. The van der Waals surface area contributed by atoms with Gasteiger partial charge in [0.05, 0.1) is 69.2 Å². The number of anilines is 1. The number of halogens is 2. The van der Waals surface area contributed by atoms with Crippen molar-refractivity contribution in [3.63, 3.8) is 0 Å². The number of carbonyl (C=O) groups excluding carboxylic acids is 2. The molecule has 13 aromatic rings. The van der Waals surface area contributed by atoms with E-state index in [-0.39, 0.29) is 36.3 Å². The number of phenols is 1. The van der Waals surface area contributed by atoms with Crippen LogP contribution in [0.4, 0.5) is 5.69 Å². The molecule has 1 aliphatic heterocycles. The Morgan fingerprint density at radius 2 is 0.784 bits per heavy atom. The molecule has 0 atom stereocenters. The molecule has 2 aliphatic rings. The number of rotatable bonds is 28. The van der Waals surface area contributed by atoms with E-state index in [4.69, 9.17) is 65.9 Å². The second-order valence-electron chi connectivity index (χ2n) is 30.3. The van der Waals surface area contributed by atoms with Crippen molar-refractivity contribution in [1.29, 1.82) is 0 Å². The van der Waals surface area contributed by atoms with Crippen LogP contribution in [0.25, 0.3) is 50.4 Å². The van der Waals surface area contributed by atoms with Gasteiger partial charge in [-0.15, -0.1) is 24.0 Å². The van der Waals surface area contributed by atoms with Gasteiger partial charge in [0.25, 0.3) is 0 Å². The van der Waals surface area contributed by atoms with Crippen molar-refractivity contribution in [2.45, 2.75) is 139 Å². The van der Waals surface area contributed by atoms with E-state index in [9.17, 15) is 14.7 Å². The summed E-state index contributed by atoms with van der Waals surface area (Å²) in [6.07, 6.45) is 12.2. The van der Waals surface area contributed by atoms with Crippen LogP contribution in [0.15, 0.2) is 255 Å². The number of phenolic OH excluding ortho intramolecular Hbond substituents is 1. The normalized spacial score (nSPS) is 11.9. The fourth-order valence-corrected chi connectivity index (χ4v) is 15.2. The van der Waals surface area contributed by atoms with E-state index >= 15 is 0 Å². The molecule has 22 heteroatoms. The fourth-order valence-electron chi connectivity index (χ4n) is 15.0. The van der Waals surface area contributed by atoms with Crippen molar-refractivity contribution in [1.82, 2.24) is 34.2 Å². The van der Waals surface area contributed by atoms with E-state index < -0.39 is 5.92 Å². The molecule has 4 heterocycles. The number of nitrogens with zero attached hydrogens (tertiary/aromatic N) is 7. The number of ketones is 2. The van der Waals surface area contributed by atoms with Crippen molar-refractivity contribution < 1.29 is 53.0 Å². The Morgan fingerprint density at radius 3 is 1.12 bits per heavy atom. The third-order valence-electron chi connectivity index (χ3n) is 21.4. The number of hydrogen-bond donors (Lipinski definition) is 4. The number of aliphatic hydroxyl groups is 1. The molecule has 1 aliphatic carbocycles. The highest BCUT2D eigenvalue weighted by atomic mass is 35.5. The third-order valence-corrected chi connectivity index (χ3v) is 21.6. The van der Waals surface area contributed by atoms with Gasteiger partial charge < -0.3 is 53.7 Å². The van der Waals surface area contributed by atoms with Gasteiger partial charge >= 0.3 is 0 Å². The lowest BCUT2D eigenvalue weighted by Gasteiger charge is -2.14. The Hall–Kier alpha value is -12.2. The lowest BCUT2D eigenvalue weighted by molar-refractivity contribution is -0.126. The first-order chi connectivity index (χ1) is 60.2. The predicted octanol–water partition coefficient (Wildman–Crippen LogP) is 22.8. The monoisotopic (exact) mass is 1730 g/mol. The van der Waals surface area contributed by atoms with Gasteiger partial charge in [0.2, 0.25) is 0 Å². The van der Waals surface area contributed by atoms with Crippen LogP contribution in [0, 0.1) is 47.5 Å². The summed E-state index contributed by atoms with van der Waals surface area (Å²) in [5.41, 5.74) is 22.5. The second kappa shape index (κ2) is 51.8. The number of hydrazine groups is 1. The molecule has 0 spiro atoms. The summed E-state index contributed by atoms with van der Waals surface area (Å²) < 4.78 is 44.1. The molecule has 15 rings (SSSR count). The van der Waals surface area contributed by atoms with Gasteiger partial charge in [-0.3, -0.25) is 15.4 Å². The third kappa shape index (κ3) is 29.8. The molecule has 125 heavy (non-hydrogen) atoms. The molecule has 1 saturated heterocycles. The molecule has 3 aromatic heterocycles. The number of carbonyl (C=O) groups is 2. The quantitative estimate of drug-likeness (QED) is 0.0117. The number of benzene rings is 10. The highest BCUT2D eigenvalue weighted by molar-refractivity contribution is 6.17. The molecule has 20 nitrogen and oxygen atoms in total. The van der Waals surface area contributed by atoms with Crippen molar-refractivity contribution >= 4 is 41.3 Å². The SMILES string of the molecule is CCO.COc1ccc(-c2c(C)nn(-c3ccc(O)cc3)c2C)cc1.COc1ccc(-c2c(C)nn(-c3ccc(OCCCN4CCCC4)cc3)c2C)cc1.COc1ccc(-c2c(C)nn(-c3ccc(OCc4ccccc4)cc3)c2C)cc1.COc1ccc(C(C(C)=O)C(C)=O)cc1.Cl.ClCCCC1CCCC1.NNc1ccc(OCc2ccccc2)cc1. The summed E-state index contributed by atoms with van der Waals surface area (Å²) in [6.45, 7) is 22.7. The lowest BCUT2D eigenvalue weighted by atomic mass is 9.92. The predicted molar refractivity (Wildman–Crippen MR) is 507 cm³/mol. The number of aromatic nitrogens is 6. The summed E-state index contributed by atoms with van der Waals surface area (Å²) in [4.78, 5) is 25.1. The Kier molecular flexibility index (Phi) is 40.7. The zero-order chi connectivity index (χ0) is 88.7. The Bertz CT molecular complexity index is 5280. The number of nitrogen functional groups attached to an aromatic ring is 1. The number of methoxy groups -OCH3 is 4. The van der Waals surface area contributed by atoms with Crippen molar-refractivity contribution in [3.05, 3.63) is 306 Å². The minimum Gasteiger partial charge on any atom is -0.508 e. The zero-order valence-electron chi connectivity index (χ0n) is 74.5. The Labute approximate surface area is 749 Å². The zero-order valence-corrected chi connectivity index (χ0v) is 76.1. The highest BCUT2D eigenvalue weighted by Gasteiger charge is 2.23. The molecule has 0 amide bonds. The minimum atomic E-state index is -0.643. The van der Waals surface area contributed by atoms with E-state index in [0.29, 0.717) is 19.0 Å². The maximum absolute atomic E-state index is 11.3. The standard InChI is InChI=1S/C25H31N3O2.C25H24N2O2.C18H18N2O2.C13H14N2O.C12H14O3.C8H15Cl.C2H6O.ClH/c1-19-25(21-7-11-23(29-3)12-8-21)20(2)28(26-19)22-9-13-24(14-10-22)30-18-6-17-27-15-4-5-16-27;1-18-25(21-9-13-23(28-3)14-10-21)19(2)27(26-18)22-11-15-24(16-12-22)29-17-20-7-5-4-6-8-20;1-12-18(14-4-10-17(22-3)11-5-14)13(2)20(19-12)15-6-8-16(21)9-7-15;14-15-12-6-8-13(9-7-12)16-10-11-4-2-1-3-5-11;1-8(13)12(9(2)14)10-4-6-11(15-3)7-5-10;9-7-3-6-8-4-1-2-5-8;1-2-3;/h7-14H,4-6,15-18H2,1-3H3;4-16H,17H2,1-3H3;4-11,21H,1-3H3;1-9,15H,10,14H2;4-7,12H,1-3H3;8H,1-7H2;3H,2H2,1H3;1H. The Balaban J connectivity index is 0.000000191. The van der Waals surface area contributed by atoms with Gasteiger partial charge in [-0.05, 0) is 292 Å². The molecular formula is C103H123Cl2N9O11. The maximum Gasteiger partial charge on any atom is 0.144 e. The smallest absolute Gasteiger partial charge is 0.144 e. The second-order valence-corrected chi connectivity index (χ2v) is 30.6. The van der Waals surface area contributed by atoms with Crippen molar-refractivity contribution in [2.75, 3.05) is 72.6 Å². The molecule has 2 fully saturated rings. The average Bonchev–Trinajstić information content (AvgIpc) is 1.66. The van der Waals surface area contributed by atoms with Crippen LogP contribution in [-0.4, -0.2) is 123 Å². The van der Waals surface area contributed by atoms with Crippen LogP contribution in [-0.2, 0) is 22.8 Å². The molecule has 10 aromatic carbocycles. The average molecular weight is 1730 g/mol.